The molecule has 23 heavy (non-hydrogen) atoms. The molecule has 1 fully saturated rings. The van der Waals surface area contributed by atoms with Gasteiger partial charge in [-0.3, -0.25) is 9.89 Å². The summed E-state index contributed by atoms with van der Waals surface area (Å²) in [5, 5.41) is 7.34. The molecule has 0 aromatic carbocycles. The molecule has 0 radical (unpaired) electrons. The molecule has 0 saturated carbocycles. The summed E-state index contributed by atoms with van der Waals surface area (Å²) in [6.07, 6.45) is 3.68. The minimum absolute atomic E-state index is 0.0327. The fraction of sp³-hybridized carbons (Fsp3) is 0.471. The highest BCUT2D eigenvalue weighted by Gasteiger charge is 2.27. The smallest absolute Gasteiger partial charge is 0.254 e. The highest BCUT2D eigenvalue weighted by atomic mass is 16.5. The number of hydrogen-bond acceptors (Lipinski definition) is 4. The standard InChI is InChI=1S/C17H22N4O2/c1-3-23-16-10-13(6-7-18-16)17(22)21-8-4-5-14(11-21)15-9-12(2)19-20-15/h6-7,9-10,14H,3-5,8,11H2,1-2H3,(H,19,20). The molecular formula is C17H22N4O2. The van der Waals surface area contributed by atoms with Gasteiger partial charge in [-0.25, -0.2) is 4.98 Å². The minimum Gasteiger partial charge on any atom is -0.478 e. The number of ether oxygens (including phenoxy) is 1. The van der Waals surface area contributed by atoms with Crippen molar-refractivity contribution < 1.29 is 9.53 Å². The summed E-state index contributed by atoms with van der Waals surface area (Å²) in [6, 6.07) is 5.53. The van der Waals surface area contributed by atoms with Crippen molar-refractivity contribution in [3.63, 3.8) is 0 Å². The molecule has 0 aliphatic carbocycles. The van der Waals surface area contributed by atoms with Crippen LogP contribution < -0.4 is 4.74 Å². The lowest BCUT2D eigenvalue weighted by molar-refractivity contribution is 0.0705. The van der Waals surface area contributed by atoms with Crippen LogP contribution in [-0.4, -0.2) is 45.7 Å². The number of aromatic nitrogens is 3. The van der Waals surface area contributed by atoms with Gasteiger partial charge in [-0.15, -0.1) is 0 Å². The number of H-pyrrole nitrogens is 1. The first-order chi connectivity index (χ1) is 11.2. The normalized spacial score (nSPS) is 18.0. The number of nitrogens with one attached hydrogen (secondary N) is 1. The predicted molar refractivity (Wildman–Crippen MR) is 86.6 cm³/mol. The summed E-state index contributed by atoms with van der Waals surface area (Å²) in [5.41, 5.74) is 2.73. The third kappa shape index (κ3) is 3.52. The van der Waals surface area contributed by atoms with Gasteiger partial charge in [0.05, 0.1) is 12.3 Å². The molecule has 1 atom stereocenters. The lowest BCUT2D eigenvalue weighted by atomic mass is 9.94. The Balaban J connectivity index is 1.73. The molecule has 1 aliphatic rings. The Hall–Kier alpha value is -2.37. The number of pyridine rings is 1. The van der Waals surface area contributed by atoms with Crippen LogP contribution in [-0.2, 0) is 0 Å². The Labute approximate surface area is 135 Å². The van der Waals surface area contributed by atoms with Crippen LogP contribution in [0.2, 0.25) is 0 Å². The number of aromatic amines is 1. The molecule has 0 bridgehead atoms. The highest BCUT2D eigenvalue weighted by molar-refractivity contribution is 5.94. The van der Waals surface area contributed by atoms with E-state index >= 15 is 0 Å². The van der Waals surface area contributed by atoms with E-state index < -0.39 is 0 Å². The van der Waals surface area contributed by atoms with E-state index in [1.54, 1.807) is 18.3 Å². The minimum atomic E-state index is 0.0327. The van der Waals surface area contributed by atoms with Crippen LogP contribution in [0.25, 0.3) is 0 Å². The van der Waals surface area contributed by atoms with Crippen LogP contribution in [0.5, 0.6) is 5.88 Å². The van der Waals surface area contributed by atoms with Crippen LogP contribution in [0.1, 0.15) is 47.4 Å². The van der Waals surface area contributed by atoms with Crippen molar-refractivity contribution in [1.29, 1.82) is 0 Å². The first-order valence-electron chi connectivity index (χ1n) is 8.07. The maximum Gasteiger partial charge on any atom is 0.254 e. The maximum atomic E-state index is 12.8. The van der Waals surface area contributed by atoms with Crippen molar-refractivity contribution in [3.05, 3.63) is 41.3 Å². The van der Waals surface area contributed by atoms with E-state index in [0.717, 1.165) is 30.8 Å². The van der Waals surface area contributed by atoms with Gasteiger partial charge in [-0.05, 0) is 38.8 Å². The zero-order valence-electron chi connectivity index (χ0n) is 13.6. The molecule has 122 valence electrons. The van der Waals surface area contributed by atoms with Gasteiger partial charge < -0.3 is 9.64 Å². The number of carbonyl (C=O) groups is 1. The third-order valence-corrected chi connectivity index (χ3v) is 4.13. The van der Waals surface area contributed by atoms with E-state index in [0.29, 0.717) is 30.5 Å². The van der Waals surface area contributed by atoms with Gasteiger partial charge >= 0.3 is 0 Å². The van der Waals surface area contributed by atoms with Crippen molar-refractivity contribution in [1.82, 2.24) is 20.1 Å². The molecule has 1 saturated heterocycles. The molecular weight excluding hydrogens is 292 g/mol. The van der Waals surface area contributed by atoms with E-state index in [1.807, 2.05) is 18.7 Å². The molecule has 2 aromatic rings. The van der Waals surface area contributed by atoms with E-state index in [1.165, 1.54) is 0 Å². The van der Waals surface area contributed by atoms with Gasteiger partial charge in [-0.1, -0.05) is 0 Å². The van der Waals surface area contributed by atoms with Crippen LogP contribution in [0.4, 0.5) is 0 Å². The van der Waals surface area contributed by atoms with E-state index in [-0.39, 0.29) is 5.91 Å². The summed E-state index contributed by atoms with van der Waals surface area (Å²) in [5.74, 6) is 0.825. The first kappa shape index (κ1) is 15.5. The second kappa shape index (κ2) is 6.81. The summed E-state index contributed by atoms with van der Waals surface area (Å²) in [7, 11) is 0. The van der Waals surface area contributed by atoms with Gasteiger partial charge in [0.25, 0.3) is 5.91 Å². The number of carbonyl (C=O) groups excluding carboxylic acids is 1. The van der Waals surface area contributed by atoms with Crippen LogP contribution in [0, 0.1) is 6.92 Å². The quantitative estimate of drug-likeness (QED) is 0.941. The fourth-order valence-electron chi connectivity index (χ4n) is 3.00. The van der Waals surface area contributed by atoms with E-state index in [4.69, 9.17) is 4.74 Å². The van der Waals surface area contributed by atoms with E-state index in [2.05, 4.69) is 21.2 Å². The van der Waals surface area contributed by atoms with Crippen molar-refractivity contribution in [2.24, 2.45) is 0 Å². The average Bonchev–Trinajstić information content (AvgIpc) is 3.01. The van der Waals surface area contributed by atoms with Crippen LogP contribution in [0.15, 0.2) is 24.4 Å². The monoisotopic (exact) mass is 314 g/mol. The second-order valence-electron chi connectivity index (χ2n) is 5.88. The lowest BCUT2D eigenvalue weighted by Crippen LogP contribution is -2.39. The number of aryl methyl sites for hydroxylation is 1. The largest absolute Gasteiger partial charge is 0.478 e. The Morgan fingerprint density at radius 1 is 1.48 bits per heavy atom. The summed E-state index contributed by atoms with van der Waals surface area (Å²) < 4.78 is 5.38. The Kier molecular flexibility index (Phi) is 4.60. The van der Waals surface area contributed by atoms with Gasteiger partial charge in [0.15, 0.2) is 0 Å². The molecule has 3 heterocycles. The Morgan fingerprint density at radius 2 is 2.35 bits per heavy atom. The Morgan fingerprint density at radius 3 is 3.09 bits per heavy atom. The Bertz CT molecular complexity index is 683. The van der Waals surface area contributed by atoms with Gasteiger partial charge in [0.2, 0.25) is 5.88 Å². The third-order valence-electron chi connectivity index (χ3n) is 4.13. The molecule has 6 heteroatoms. The number of piperidine rings is 1. The molecule has 1 amide bonds. The molecule has 6 nitrogen and oxygen atoms in total. The maximum absolute atomic E-state index is 12.8. The average molecular weight is 314 g/mol. The molecule has 1 aliphatic heterocycles. The predicted octanol–water partition coefficient (Wildman–Crippen LogP) is 2.53. The number of amides is 1. The van der Waals surface area contributed by atoms with Crippen LogP contribution >= 0.6 is 0 Å². The van der Waals surface area contributed by atoms with E-state index in [9.17, 15) is 4.79 Å². The number of hydrogen-bond donors (Lipinski definition) is 1. The molecule has 2 aromatic heterocycles. The van der Waals surface area contributed by atoms with Crippen molar-refractivity contribution in [2.75, 3.05) is 19.7 Å². The summed E-state index contributed by atoms with van der Waals surface area (Å²) in [6.45, 7) is 5.92. The molecule has 3 rings (SSSR count). The number of likely N-dealkylation sites (tertiary alicyclic amines) is 1. The van der Waals surface area contributed by atoms with Crippen LogP contribution in [0.3, 0.4) is 0 Å². The summed E-state index contributed by atoms with van der Waals surface area (Å²) >= 11 is 0. The second-order valence-corrected chi connectivity index (χ2v) is 5.88. The van der Waals surface area contributed by atoms with Crippen molar-refractivity contribution in [2.45, 2.75) is 32.6 Å². The first-order valence-corrected chi connectivity index (χ1v) is 8.07. The van der Waals surface area contributed by atoms with Crippen molar-refractivity contribution in [3.8, 4) is 5.88 Å². The van der Waals surface area contributed by atoms with Gasteiger partial charge in [0.1, 0.15) is 0 Å². The molecule has 1 unspecified atom stereocenters. The highest BCUT2D eigenvalue weighted by Crippen LogP contribution is 2.27. The van der Waals surface area contributed by atoms with Crippen molar-refractivity contribution >= 4 is 5.91 Å². The summed E-state index contributed by atoms with van der Waals surface area (Å²) in [4.78, 5) is 18.8. The van der Waals surface area contributed by atoms with Gasteiger partial charge in [0, 0.05) is 42.5 Å². The zero-order chi connectivity index (χ0) is 16.2. The SMILES string of the molecule is CCOc1cc(C(=O)N2CCCC(c3cc(C)[nH]n3)C2)ccn1. The van der Waals surface area contributed by atoms with Gasteiger partial charge in [-0.2, -0.15) is 5.10 Å². The molecule has 1 N–H and O–H groups in total. The lowest BCUT2D eigenvalue weighted by Gasteiger charge is -2.32. The molecule has 0 spiro atoms. The fourth-order valence-corrected chi connectivity index (χ4v) is 3.00. The number of nitrogens with zero attached hydrogens (tertiary/aromatic N) is 3. The topological polar surface area (TPSA) is 71.1 Å². The number of rotatable bonds is 4. The zero-order valence-corrected chi connectivity index (χ0v) is 13.6.